The summed E-state index contributed by atoms with van der Waals surface area (Å²) in [6.07, 6.45) is 2.01. The number of benzene rings is 2. The second-order valence-electron chi connectivity index (χ2n) is 8.05. The summed E-state index contributed by atoms with van der Waals surface area (Å²) in [6.45, 7) is 2.14. The van der Waals surface area contributed by atoms with Gasteiger partial charge in [-0.25, -0.2) is 4.99 Å². The number of piperidine rings is 1. The zero-order chi connectivity index (χ0) is 25.1. The molecule has 2 aromatic carbocycles. The number of aryl methyl sites for hydroxylation is 1. The summed E-state index contributed by atoms with van der Waals surface area (Å²) in [4.78, 5) is 43.7. The van der Waals surface area contributed by atoms with Crippen LogP contribution in [0.1, 0.15) is 12.0 Å². The third-order valence-electron chi connectivity index (χ3n) is 5.74. The molecule has 0 unspecified atom stereocenters. The molecule has 4 rings (SSSR count). The molecule has 3 aromatic rings. The first-order valence-corrected chi connectivity index (χ1v) is 10.9. The number of carbonyl (C=O) groups is 2. The zero-order valence-electron chi connectivity index (χ0n) is 19.4. The molecule has 2 amide bonds. The molecule has 1 aliphatic rings. The number of primary amides is 1. The molecule has 4 N–H and O–H groups in total. The Balaban J connectivity index is 1.70. The van der Waals surface area contributed by atoms with Crippen LogP contribution >= 0.6 is 0 Å². The molecule has 0 saturated carbocycles. The fourth-order valence-electron chi connectivity index (χ4n) is 3.84. The van der Waals surface area contributed by atoms with Crippen LogP contribution in [0.4, 0.5) is 11.4 Å². The summed E-state index contributed by atoms with van der Waals surface area (Å²) >= 11 is 0. The highest BCUT2D eigenvalue weighted by atomic mass is 16.5. The van der Waals surface area contributed by atoms with Gasteiger partial charge in [-0.3, -0.25) is 19.0 Å². The highest BCUT2D eigenvalue weighted by molar-refractivity contribution is 6.51. The number of anilines is 1. The monoisotopic (exact) mass is 471 g/mol. The van der Waals surface area contributed by atoms with E-state index in [4.69, 9.17) is 16.2 Å². The standard InChI is InChI=1S/C26H25N5O4/c1-16-11-13-30(22(32)15-16)18-5-7-19(8-6-18)31-14-12-21(23(27)25(28)33)24(26(31)34)29-17-3-9-20(35-2)10-4-17/h3-11,13,15H,12,14,27H2,1-2H3,(H2,28,33). The molecule has 35 heavy (non-hydrogen) atoms. The molecule has 0 spiro atoms. The Kier molecular flexibility index (Phi) is 6.50. The number of ether oxygens (including phenoxy) is 1. The summed E-state index contributed by atoms with van der Waals surface area (Å²) in [7, 11) is 1.55. The predicted molar refractivity (Wildman–Crippen MR) is 134 cm³/mol. The van der Waals surface area contributed by atoms with Gasteiger partial charge in [0.15, 0.2) is 0 Å². The second kappa shape index (κ2) is 9.68. The summed E-state index contributed by atoms with van der Waals surface area (Å²) in [5.41, 5.74) is 14.1. The van der Waals surface area contributed by atoms with Gasteiger partial charge in [-0.05, 0) is 73.5 Å². The van der Waals surface area contributed by atoms with E-state index >= 15 is 0 Å². The lowest BCUT2D eigenvalue weighted by atomic mass is 9.97. The van der Waals surface area contributed by atoms with Crippen LogP contribution in [0.5, 0.6) is 5.75 Å². The fraction of sp³-hybridized carbons (Fsp3) is 0.154. The minimum atomic E-state index is -0.809. The van der Waals surface area contributed by atoms with Gasteiger partial charge in [-0.1, -0.05) is 0 Å². The molecule has 0 radical (unpaired) electrons. The first-order valence-electron chi connectivity index (χ1n) is 10.9. The minimum Gasteiger partial charge on any atom is -0.497 e. The van der Waals surface area contributed by atoms with Crippen LogP contribution in [0.15, 0.2) is 87.9 Å². The van der Waals surface area contributed by atoms with Crippen molar-refractivity contribution in [1.29, 1.82) is 0 Å². The van der Waals surface area contributed by atoms with Gasteiger partial charge in [0.2, 0.25) is 0 Å². The van der Waals surface area contributed by atoms with Crippen molar-refractivity contribution in [3.05, 3.63) is 94.0 Å². The van der Waals surface area contributed by atoms with E-state index in [0.29, 0.717) is 34.8 Å². The molecular weight excluding hydrogens is 446 g/mol. The van der Waals surface area contributed by atoms with Crippen LogP contribution in [0.2, 0.25) is 0 Å². The molecule has 1 aliphatic heterocycles. The number of hydrogen-bond donors (Lipinski definition) is 2. The topological polar surface area (TPSA) is 133 Å². The highest BCUT2D eigenvalue weighted by Crippen LogP contribution is 2.27. The first kappa shape index (κ1) is 23.5. The lowest BCUT2D eigenvalue weighted by molar-refractivity contribution is -0.114. The number of rotatable bonds is 5. The van der Waals surface area contributed by atoms with Crippen molar-refractivity contribution >= 4 is 28.9 Å². The number of amides is 2. The molecule has 1 saturated heterocycles. The fourth-order valence-corrected chi connectivity index (χ4v) is 3.84. The van der Waals surface area contributed by atoms with E-state index in [1.165, 1.54) is 4.57 Å². The Morgan fingerprint density at radius 3 is 2.23 bits per heavy atom. The van der Waals surface area contributed by atoms with Gasteiger partial charge >= 0.3 is 0 Å². The first-order chi connectivity index (χ1) is 16.8. The number of hydrogen-bond acceptors (Lipinski definition) is 6. The van der Waals surface area contributed by atoms with Crippen molar-refractivity contribution in [3.63, 3.8) is 0 Å². The highest BCUT2D eigenvalue weighted by Gasteiger charge is 2.32. The van der Waals surface area contributed by atoms with Gasteiger partial charge in [0.1, 0.15) is 17.2 Å². The number of pyridine rings is 1. The Bertz CT molecular complexity index is 1400. The summed E-state index contributed by atoms with van der Waals surface area (Å²) < 4.78 is 6.69. The van der Waals surface area contributed by atoms with Crippen molar-refractivity contribution in [3.8, 4) is 11.4 Å². The van der Waals surface area contributed by atoms with E-state index in [1.54, 1.807) is 72.8 Å². The Morgan fingerprint density at radius 1 is 0.971 bits per heavy atom. The van der Waals surface area contributed by atoms with E-state index in [0.717, 1.165) is 5.56 Å². The molecule has 1 aromatic heterocycles. The van der Waals surface area contributed by atoms with Crippen molar-refractivity contribution in [2.24, 2.45) is 16.5 Å². The average molecular weight is 472 g/mol. The van der Waals surface area contributed by atoms with Crippen LogP contribution < -0.4 is 26.7 Å². The third-order valence-corrected chi connectivity index (χ3v) is 5.74. The number of methoxy groups -OCH3 is 1. The molecule has 0 atom stereocenters. The van der Waals surface area contributed by atoms with Crippen LogP contribution in [-0.4, -0.2) is 35.7 Å². The Hall–Kier alpha value is -4.66. The molecule has 9 heteroatoms. The predicted octanol–water partition coefficient (Wildman–Crippen LogP) is 2.36. The normalized spacial score (nSPS) is 16.3. The van der Waals surface area contributed by atoms with Gasteiger partial charge in [-0.2, -0.15) is 0 Å². The zero-order valence-corrected chi connectivity index (χ0v) is 19.4. The van der Waals surface area contributed by atoms with Crippen molar-refractivity contribution in [1.82, 2.24) is 4.57 Å². The Morgan fingerprint density at radius 2 is 1.63 bits per heavy atom. The number of nitrogens with zero attached hydrogens (tertiary/aromatic N) is 3. The lowest BCUT2D eigenvalue weighted by Gasteiger charge is -2.30. The number of carbonyl (C=O) groups excluding carboxylic acids is 2. The van der Waals surface area contributed by atoms with Gasteiger partial charge in [0, 0.05) is 35.8 Å². The second-order valence-corrected chi connectivity index (χ2v) is 8.05. The maximum Gasteiger partial charge on any atom is 0.277 e. The third kappa shape index (κ3) is 4.84. The number of nitrogens with two attached hydrogens (primary N) is 2. The van der Waals surface area contributed by atoms with Crippen molar-refractivity contribution in [2.75, 3.05) is 18.6 Å². The molecule has 178 valence electrons. The molecule has 9 nitrogen and oxygen atoms in total. The van der Waals surface area contributed by atoms with Crippen LogP contribution in [0.25, 0.3) is 5.69 Å². The van der Waals surface area contributed by atoms with E-state index in [1.807, 2.05) is 13.0 Å². The Labute approximate surface area is 201 Å². The molecule has 2 heterocycles. The van der Waals surface area contributed by atoms with Gasteiger partial charge in [-0.15, -0.1) is 0 Å². The largest absolute Gasteiger partial charge is 0.497 e. The number of aromatic nitrogens is 1. The van der Waals surface area contributed by atoms with E-state index in [-0.39, 0.29) is 23.5 Å². The smallest absolute Gasteiger partial charge is 0.277 e. The van der Waals surface area contributed by atoms with Crippen molar-refractivity contribution < 1.29 is 14.3 Å². The summed E-state index contributed by atoms with van der Waals surface area (Å²) in [6, 6.07) is 17.3. The maximum atomic E-state index is 13.5. The van der Waals surface area contributed by atoms with Crippen LogP contribution in [0.3, 0.4) is 0 Å². The lowest BCUT2D eigenvalue weighted by Crippen LogP contribution is -2.44. The van der Waals surface area contributed by atoms with Gasteiger partial charge in [0.05, 0.1) is 12.8 Å². The summed E-state index contributed by atoms with van der Waals surface area (Å²) in [5, 5.41) is 0. The molecule has 1 fully saturated rings. The molecule has 0 bridgehead atoms. The van der Waals surface area contributed by atoms with Gasteiger partial charge in [0.25, 0.3) is 17.4 Å². The van der Waals surface area contributed by atoms with Crippen LogP contribution in [0, 0.1) is 6.92 Å². The maximum absolute atomic E-state index is 13.5. The quantitative estimate of drug-likeness (QED) is 0.551. The van der Waals surface area contributed by atoms with E-state index < -0.39 is 11.8 Å². The van der Waals surface area contributed by atoms with Crippen molar-refractivity contribution in [2.45, 2.75) is 13.3 Å². The molecule has 0 aliphatic carbocycles. The van der Waals surface area contributed by atoms with E-state index in [2.05, 4.69) is 4.99 Å². The van der Waals surface area contributed by atoms with Crippen LogP contribution in [-0.2, 0) is 9.59 Å². The summed E-state index contributed by atoms with van der Waals surface area (Å²) in [5.74, 6) is -0.575. The SMILES string of the molecule is COc1ccc(N=C2C(=O)N(c3ccc(-n4ccc(C)cc4=O)cc3)CCC2=C(N)C(N)=O)cc1. The molecular formula is C26H25N5O4. The average Bonchev–Trinajstić information content (AvgIpc) is 2.85. The minimum absolute atomic E-state index is 0.0524. The van der Waals surface area contributed by atoms with E-state index in [9.17, 15) is 14.4 Å². The van der Waals surface area contributed by atoms with Gasteiger partial charge < -0.3 is 21.1 Å². The number of aliphatic imine (C=N–C) groups is 1.